The molecular formula is C13H10N2S. The molecule has 1 heterocycles. The van der Waals surface area contributed by atoms with E-state index in [9.17, 15) is 0 Å². The molecule has 0 spiro atoms. The summed E-state index contributed by atoms with van der Waals surface area (Å²) in [7, 11) is 0. The van der Waals surface area contributed by atoms with Crippen LogP contribution in [0.3, 0.4) is 0 Å². The van der Waals surface area contributed by atoms with Gasteiger partial charge < -0.3 is 0 Å². The molecule has 2 aromatic rings. The van der Waals surface area contributed by atoms with Crippen molar-refractivity contribution in [1.82, 2.24) is 0 Å². The minimum atomic E-state index is -0.414. The normalized spacial score (nSPS) is 12.4. The molecule has 1 atom stereocenters. The van der Waals surface area contributed by atoms with Gasteiger partial charge in [-0.2, -0.15) is 5.26 Å². The van der Waals surface area contributed by atoms with Crippen LogP contribution in [0.25, 0.3) is 0 Å². The Kier molecular flexibility index (Phi) is 3.47. The van der Waals surface area contributed by atoms with Gasteiger partial charge in [0.25, 0.3) is 0 Å². The first-order valence-electron chi connectivity index (χ1n) is 4.91. The Morgan fingerprint density at radius 2 is 2.00 bits per heavy atom. The summed E-state index contributed by atoms with van der Waals surface area (Å²) in [5.41, 5.74) is 0.929. The molecule has 0 aliphatic rings. The van der Waals surface area contributed by atoms with Gasteiger partial charge >= 0.3 is 0 Å². The van der Waals surface area contributed by atoms with Gasteiger partial charge in [0, 0.05) is 11.1 Å². The van der Waals surface area contributed by atoms with E-state index in [1.54, 1.807) is 17.6 Å². The van der Waals surface area contributed by atoms with Gasteiger partial charge in [0.05, 0.1) is 6.07 Å². The van der Waals surface area contributed by atoms with Crippen LogP contribution >= 0.6 is 11.3 Å². The molecule has 0 saturated carbocycles. The van der Waals surface area contributed by atoms with E-state index >= 15 is 0 Å². The fourth-order valence-corrected chi connectivity index (χ4v) is 1.94. The molecule has 2 nitrogen and oxygen atoms in total. The van der Waals surface area contributed by atoms with Gasteiger partial charge in [0.15, 0.2) is 6.04 Å². The lowest BCUT2D eigenvalue weighted by molar-refractivity contribution is 0.933. The third-order valence-electron chi connectivity index (χ3n) is 2.13. The Bertz CT molecular complexity index is 494. The van der Waals surface area contributed by atoms with E-state index in [-0.39, 0.29) is 0 Å². The molecule has 0 fully saturated rings. The van der Waals surface area contributed by atoms with Gasteiger partial charge in [-0.05, 0) is 17.0 Å². The Hall–Kier alpha value is -1.92. The first-order valence-corrected chi connectivity index (χ1v) is 5.79. The van der Waals surface area contributed by atoms with Crippen LogP contribution in [0.15, 0.2) is 52.8 Å². The predicted octanol–water partition coefficient (Wildman–Crippen LogP) is 3.43. The summed E-state index contributed by atoms with van der Waals surface area (Å²) in [6.45, 7) is 0. The van der Waals surface area contributed by atoms with E-state index < -0.39 is 6.04 Å². The standard InChI is InChI=1S/C13H10N2S/c14-9-13(11-5-2-1-3-6-11)15-10-12-7-4-8-16-12/h1-8,10,13H. The van der Waals surface area contributed by atoms with Crippen molar-refractivity contribution in [2.24, 2.45) is 4.99 Å². The summed E-state index contributed by atoms with van der Waals surface area (Å²) in [4.78, 5) is 5.35. The molecule has 1 aromatic carbocycles. The number of nitrogens with zero attached hydrogens (tertiary/aromatic N) is 2. The maximum absolute atomic E-state index is 9.05. The van der Waals surface area contributed by atoms with Crippen molar-refractivity contribution in [2.75, 3.05) is 0 Å². The maximum atomic E-state index is 9.05. The molecule has 78 valence electrons. The lowest BCUT2D eigenvalue weighted by Crippen LogP contribution is -1.91. The van der Waals surface area contributed by atoms with Crippen LogP contribution in [-0.2, 0) is 0 Å². The molecule has 0 aliphatic carbocycles. The van der Waals surface area contributed by atoms with Crippen molar-refractivity contribution in [3.63, 3.8) is 0 Å². The van der Waals surface area contributed by atoms with Gasteiger partial charge in [-0.3, -0.25) is 4.99 Å². The number of benzene rings is 1. The summed E-state index contributed by atoms with van der Waals surface area (Å²) >= 11 is 1.61. The Morgan fingerprint density at radius 3 is 2.62 bits per heavy atom. The summed E-state index contributed by atoms with van der Waals surface area (Å²) in [5, 5.41) is 11.0. The zero-order valence-corrected chi connectivity index (χ0v) is 9.39. The summed E-state index contributed by atoms with van der Waals surface area (Å²) in [5.74, 6) is 0. The number of nitriles is 1. The molecule has 0 radical (unpaired) electrons. The molecule has 0 N–H and O–H groups in total. The minimum absolute atomic E-state index is 0.414. The molecule has 16 heavy (non-hydrogen) atoms. The molecular weight excluding hydrogens is 216 g/mol. The molecule has 0 aliphatic heterocycles. The second kappa shape index (κ2) is 5.24. The van der Waals surface area contributed by atoms with E-state index in [2.05, 4.69) is 11.1 Å². The number of hydrogen-bond acceptors (Lipinski definition) is 3. The van der Waals surface area contributed by atoms with Crippen molar-refractivity contribution < 1.29 is 0 Å². The molecule has 2 rings (SSSR count). The third kappa shape index (κ3) is 2.56. The summed E-state index contributed by atoms with van der Waals surface area (Å²) in [6.07, 6.45) is 1.76. The largest absolute Gasteiger partial charge is 0.268 e. The first-order chi connectivity index (χ1) is 7.90. The van der Waals surface area contributed by atoms with Crippen LogP contribution in [0.1, 0.15) is 16.5 Å². The van der Waals surface area contributed by atoms with E-state index in [1.807, 2.05) is 47.8 Å². The average Bonchev–Trinajstić information content (AvgIpc) is 2.84. The van der Waals surface area contributed by atoms with Gasteiger partial charge in [-0.25, -0.2) is 0 Å². The Labute approximate surface area is 98.5 Å². The number of hydrogen-bond donors (Lipinski definition) is 0. The van der Waals surface area contributed by atoms with Gasteiger partial charge in [-0.1, -0.05) is 36.4 Å². The molecule has 1 aromatic heterocycles. The monoisotopic (exact) mass is 226 g/mol. The van der Waals surface area contributed by atoms with Crippen LogP contribution in [-0.4, -0.2) is 6.21 Å². The smallest absolute Gasteiger partial charge is 0.161 e. The van der Waals surface area contributed by atoms with E-state index in [0.717, 1.165) is 10.4 Å². The quantitative estimate of drug-likeness (QED) is 0.738. The Balaban J connectivity index is 2.17. The Morgan fingerprint density at radius 1 is 1.19 bits per heavy atom. The SMILES string of the molecule is N#CC(N=Cc1cccs1)c1ccccc1. The minimum Gasteiger partial charge on any atom is -0.268 e. The van der Waals surface area contributed by atoms with Crippen molar-refractivity contribution >= 4 is 17.6 Å². The lowest BCUT2D eigenvalue weighted by atomic mass is 10.1. The summed E-state index contributed by atoms with van der Waals surface area (Å²) in [6, 6.07) is 15.3. The van der Waals surface area contributed by atoms with Gasteiger partial charge in [0.2, 0.25) is 0 Å². The second-order valence-corrected chi connectivity index (χ2v) is 4.22. The van der Waals surface area contributed by atoms with Crippen molar-refractivity contribution in [1.29, 1.82) is 5.26 Å². The number of rotatable bonds is 3. The lowest BCUT2D eigenvalue weighted by Gasteiger charge is -2.02. The molecule has 1 unspecified atom stereocenters. The third-order valence-corrected chi connectivity index (χ3v) is 2.94. The van der Waals surface area contributed by atoms with Crippen LogP contribution in [0.4, 0.5) is 0 Å². The van der Waals surface area contributed by atoms with Gasteiger partial charge in [0.1, 0.15) is 0 Å². The molecule has 0 saturated heterocycles. The highest BCUT2D eigenvalue weighted by Crippen LogP contribution is 2.16. The maximum Gasteiger partial charge on any atom is 0.161 e. The highest BCUT2D eigenvalue weighted by Gasteiger charge is 2.05. The number of thiophene rings is 1. The molecule has 0 bridgehead atoms. The fraction of sp³-hybridized carbons (Fsp3) is 0.0769. The predicted molar refractivity (Wildman–Crippen MR) is 66.7 cm³/mol. The first kappa shape index (κ1) is 10.6. The molecule has 3 heteroatoms. The zero-order valence-electron chi connectivity index (χ0n) is 8.58. The van der Waals surface area contributed by atoms with Crippen LogP contribution in [0.5, 0.6) is 0 Å². The fourth-order valence-electron chi connectivity index (χ4n) is 1.34. The van der Waals surface area contributed by atoms with Crippen molar-refractivity contribution in [3.05, 3.63) is 58.3 Å². The van der Waals surface area contributed by atoms with Crippen LogP contribution < -0.4 is 0 Å². The molecule has 0 amide bonds. The van der Waals surface area contributed by atoms with Gasteiger partial charge in [-0.15, -0.1) is 11.3 Å². The second-order valence-electron chi connectivity index (χ2n) is 3.24. The van der Waals surface area contributed by atoms with Crippen LogP contribution in [0, 0.1) is 11.3 Å². The summed E-state index contributed by atoms with van der Waals surface area (Å²) < 4.78 is 0. The highest BCUT2D eigenvalue weighted by atomic mass is 32.1. The van der Waals surface area contributed by atoms with Crippen molar-refractivity contribution in [3.8, 4) is 6.07 Å². The highest BCUT2D eigenvalue weighted by molar-refractivity contribution is 7.11. The van der Waals surface area contributed by atoms with E-state index in [0.29, 0.717) is 0 Å². The average molecular weight is 226 g/mol. The van der Waals surface area contributed by atoms with Crippen molar-refractivity contribution in [2.45, 2.75) is 6.04 Å². The van der Waals surface area contributed by atoms with E-state index in [1.165, 1.54) is 0 Å². The topological polar surface area (TPSA) is 36.1 Å². The van der Waals surface area contributed by atoms with Crippen LogP contribution in [0.2, 0.25) is 0 Å². The van der Waals surface area contributed by atoms with E-state index in [4.69, 9.17) is 5.26 Å². The zero-order chi connectivity index (χ0) is 11.2. The number of aliphatic imine (C=N–C) groups is 1.